The van der Waals surface area contributed by atoms with Crippen LogP contribution in [0.2, 0.25) is 0 Å². The average Bonchev–Trinajstić information content (AvgIpc) is 3.11. The number of hydrogen-bond donors (Lipinski definition) is 0. The lowest BCUT2D eigenvalue weighted by Gasteiger charge is -2.19. The molecule has 0 spiro atoms. The molecule has 0 atom stereocenters. The van der Waals surface area contributed by atoms with E-state index in [2.05, 4.69) is 20.8 Å². The lowest BCUT2D eigenvalue weighted by atomic mass is 9.87. The third kappa shape index (κ3) is 4.45. The maximum atomic E-state index is 12.8. The Bertz CT molecular complexity index is 1330. The van der Waals surface area contributed by atoms with Crippen LogP contribution in [0.4, 0.5) is 5.69 Å². The molecule has 0 radical (unpaired) electrons. The molecule has 0 amide bonds. The monoisotopic (exact) mass is 457 g/mol. The Morgan fingerprint density at radius 3 is 2.24 bits per heavy atom. The number of carbonyl (C=O) groups excluding carboxylic acids is 2. The molecule has 7 nitrogen and oxygen atoms in total. The van der Waals surface area contributed by atoms with Gasteiger partial charge in [0.15, 0.2) is 5.76 Å². The Hall–Kier alpha value is -4.26. The second-order valence-electron chi connectivity index (χ2n) is 9.07. The fourth-order valence-electron chi connectivity index (χ4n) is 3.59. The Morgan fingerprint density at radius 1 is 1.00 bits per heavy atom. The van der Waals surface area contributed by atoms with Gasteiger partial charge in [-0.05, 0) is 65.9 Å². The van der Waals surface area contributed by atoms with Crippen molar-refractivity contribution in [3.8, 4) is 11.5 Å². The van der Waals surface area contributed by atoms with Crippen molar-refractivity contribution in [3.63, 3.8) is 0 Å². The molecule has 0 bridgehead atoms. The Balaban J connectivity index is 1.55. The largest absolute Gasteiger partial charge is 0.452 e. The number of nitro benzene ring substituents is 1. The van der Waals surface area contributed by atoms with Gasteiger partial charge in [0.2, 0.25) is 5.78 Å². The fourth-order valence-corrected chi connectivity index (χ4v) is 3.59. The number of non-ortho nitro benzene ring substituents is 1. The van der Waals surface area contributed by atoms with Gasteiger partial charge in [0.25, 0.3) is 5.69 Å². The van der Waals surface area contributed by atoms with Crippen molar-refractivity contribution < 1.29 is 24.0 Å². The zero-order valence-corrected chi connectivity index (χ0v) is 19.2. The van der Waals surface area contributed by atoms with Gasteiger partial charge < -0.3 is 9.47 Å². The third-order valence-electron chi connectivity index (χ3n) is 5.63. The second kappa shape index (κ2) is 8.59. The normalized spacial score (nSPS) is 14.0. The molecular weight excluding hydrogens is 434 g/mol. The summed E-state index contributed by atoms with van der Waals surface area (Å²) in [7, 11) is 0. The van der Waals surface area contributed by atoms with Crippen LogP contribution in [0.15, 0.2) is 66.4 Å². The summed E-state index contributed by atoms with van der Waals surface area (Å²) in [6, 6.07) is 16.2. The molecule has 172 valence electrons. The molecule has 0 unspecified atom stereocenters. The van der Waals surface area contributed by atoms with E-state index in [4.69, 9.17) is 9.47 Å². The number of ether oxygens (including phenoxy) is 2. The minimum Gasteiger partial charge on any atom is -0.452 e. The van der Waals surface area contributed by atoms with Crippen molar-refractivity contribution in [2.75, 3.05) is 0 Å². The average molecular weight is 457 g/mol. The Kier molecular flexibility index (Phi) is 5.79. The van der Waals surface area contributed by atoms with Crippen molar-refractivity contribution in [1.82, 2.24) is 0 Å². The predicted octanol–water partition coefficient (Wildman–Crippen LogP) is 6.04. The number of fused-ring (bicyclic) bond motifs is 1. The maximum Gasteiger partial charge on any atom is 0.343 e. The van der Waals surface area contributed by atoms with E-state index in [9.17, 15) is 19.7 Å². The molecule has 1 heterocycles. The smallest absolute Gasteiger partial charge is 0.343 e. The quantitative estimate of drug-likeness (QED) is 0.156. The fraction of sp³-hybridized carbons (Fsp3) is 0.185. The third-order valence-corrected chi connectivity index (χ3v) is 5.63. The molecule has 7 heteroatoms. The Morgan fingerprint density at radius 2 is 1.65 bits per heavy atom. The van der Waals surface area contributed by atoms with Gasteiger partial charge in [-0.3, -0.25) is 14.9 Å². The molecule has 1 aliphatic heterocycles. The van der Waals surface area contributed by atoms with E-state index in [0.717, 1.165) is 5.56 Å². The number of ketones is 1. The number of carbonyl (C=O) groups is 2. The summed E-state index contributed by atoms with van der Waals surface area (Å²) in [5, 5.41) is 10.8. The van der Waals surface area contributed by atoms with Crippen LogP contribution in [0.3, 0.4) is 0 Å². The molecule has 4 rings (SSSR count). The highest BCUT2D eigenvalue weighted by Gasteiger charge is 2.30. The van der Waals surface area contributed by atoms with Crippen molar-refractivity contribution in [1.29, 1.82) is 0 Å². The lowest BCUT2D eigenvalue weighted by molar-refractivity contribution is -0.384. The number of nitrogens with zero attached hydrogens (tertiary/aromatic N) is 1. The summed E-state index contributed by atoms with van der Waals surface area (Å²) < 4.78 is 11.4. The van der Waals surface area contributed by atoms with Gasteiger partial charge in [0.1, 0.15) is 11.5 Å². The van der Waals surface area contributed by atoms with E-state index < -0.39 is 10.9 Å². The highest BCUT2D eigenvalue weighted by atomic mass is 16.6. The molecule has 0 aliphatic carbocycles. The Labute approximate surface area is 196 Å². The number of benzene rings is 3. The number of hydrogen-bond acceptors (Lipinski definition) is 6. The van der Waals surface area contributed by atoms with Gasteiger partial charge in [-0.15, -0.1) is 0 Å². The summed E-state index contributed by atoms with van der Waals surface area (Å²) >= 11 is 0. The van der Waals surface area contributed by atoms with E-state index in [1.54, 1.807) is 31.2 Å². The number of esters is 1. The first-order valence-corrected chi connectivity index (χ1v) is 10.7. The minimum atomic E-state index is -0.505. The number of rotatable bonds is 4. The first-order chi connectivity index (χ1) is 16.0. The van der Waals surface area contributed by atoms with Crippen LogP contribution in [0.5, 0.6) is 11.5 Å². The van der Waals surface area contributed by atoms with E-state index in [-0.39, 0.29) is 22.6 Å². The molecule has 0 saturated heterocycles. The van der Waals surface area contributed by atoms with E-state index in [1.807, 2.05) is 12.1 Å². The van der Waals surface area contributed by atoms with E-state index in [1.165, 1.54) is 30.3 Å². The summed E-state index contributed by atoms with van der Waals surface area (Å²) in [6.45, 7) is 8.01. The van der Waals surface area contributed by atoms with Crippen LogP contribution >= 0.6 is 0 Å². The molecule has 34 heavy (non-hydrogen) atoms. The first kappa shape index (κ1) is 22.9. The van der Waals surface area contributed by atoms with Crippen LogP contribution < -0.4 is 9.47 Å². The zero-order chi connectivity index (χ0) is 24.6. The van der Waals surface area contributed by atoms with Gasteiger partial charge in [0.05, 0.1) is 16.1 Å². The summed E-state index contributed by atoms with van der Waals surface area (Å²) in [4.78, 5) is 35.8. The topological polar surface area (TPSA) is 95.7 Å². The SMILES string of the molecule is Cc1c(OC(=O)c2ccc(C(C)(C)C)cc2)ccc2c1O/C(=C\c1ccc([N+](=O)[O-])cc1)C2=O. The first-order valence-electron chi connectivity index (χ1n) is 10.7. The molecule has 1 aliphatic rings. The van der Waals surface area contributed by atoms with Gasteiger partial charge in [-0.25, -0.2) is 4.79 Å². The molecule has 3 aromatic rings. The summed E-state index contributed by atoms with van der Waals surface area (Å²) in [5.74, 6) is -0.102. The van der Waals surface area contributed by atoms with Crippen LogP contribution in [0, 0.1) is 17.0 Å². The van der Waals surface area contributed by atoms with Crippen LogP contribution in [-0.2, 0) is 5.41 Å². The van der Waals surface area contributed by atoms with Gasteiger partial charge in [-0.2, -0.15) is 0 Å². The van der Waals surface area contributed by atoms with E-state index >= 15 is 0 Å². The van der Waals surface area contributed by atoms with Crippen molar-refractivity contribution >= 4 is 23.5 Å². The standard InChI is InChI=1S/C27H23NO6/c1-16-22(34-26(30)18-7-9-19(10-8-18)27(2,3)4)14-13-21-24(29)23(33-25(16)21)15-17-5-11-20(12-6-17)28(31)32/h5-15H,1-4H3/b23-15-. The van der Waals surface area contributed by atoms with Gasteiger partial charge in [-0.1, -0.05) is 32.9 Å². The van der Waals surface area contributed by atoms with Crippen LogP contribution in [0.1, 0.15) is 58.2 Å². The van der Waals surface area contributed by atoms with Crippen LogP contribution in [0.25, 0.3) is 6.08 Å². The highest BCUT2D eigenvalue weighted by Crippen LogP contribution is 2.39. The molecule has 3 aromatic carbocycles. The summed E-state index contributed by atoms with van der Waals surface area (Å²) in [5.41, 5.74) is 2.94. The van der Waals surface area contributed by atoms with E-state index in [0.29, 0.717) is 33.8 Å². The number of allylic oxidation sites excluding steroid dienone is 1. The second-order valence-corrected chi connectivity index (χ2v) is 9.07. The molecular formula is C27H23NO6. The molecule has 0 fully saturated rings. The van der Waals surface area contributed by atoms with Crippen molar-refractivity contribution in [3.05, 3.63) is 104 Å². The molecule has 0 saturated carbocycles. The summed E-state index contributed by atoms with van der Waals surface area (Å²) in [6.07, 6.45) is 1.52. The minimum absolute atomic E-state index is 0.0252. The highest BCUT2D eigenvalue weighted by molar-refractivity contribution is 6.15. The number of Topliss-reactive ketones (excluding diaryl/α,β-unsaturated/α-hetero) is 1. The number of nitro groups is 1. The molecule has 0 aromatic heterocycles. The zero-order valence-electron chi connectivity index (χ0n) is 19.2. The van der Waals surface area contributed by atoms with Crippen molar-refractivity contribution in [2.45, 2.75) is 33.1 Å². The van der Waals surface area contributed by atoms with Crippen LogP contribution in [-0.4, -0.2) is 16.7 Å². The van der Waals surface area contributed by atoms with Gasteiger partial charge >= 0.3 is 5.97 Å². The predicted molar refractivity (Wildman–Crippen MR) is 127 cm³/mol. The van der Waals surface area contributed by atoms with Gasteiger partial charge in [0, 0.05) is 17.7 Å². The molecule has 0 N–H and O–H groups in total. The lowest BCUT2D eigenvalue weighted by Crippen LogP contribution is -2.13. The van der Waals surface area contributed by atoms with Crippen molar-refractivity contribution in [2.24, 2.45) is 0 Å². The maximum absolute atomic E-state index is 12.8.